The number of nitrogens with zero attached hydrogens (tertiary/aromatic N) is 1. The predicted octanol–water partition coefficient (Wildman–Crippen LogP) is 3.63. The first kappa shape index (κ1) is 13.4. The van der Waals surface area contributed by atoms with Gasteiger partial charge in [0.1, 0.15) is 0 Å². The number of carbonyl (C=O) groups is 1. The van der Waals surface area contributed by atoms with Crippen molar-refractivity contribution in [2.24, 2.45) is 0 Å². The molecule has 0 saturated carbocycles. The largest absolute Gasteiger partial charge is 0.332 e. The third kappa shape index (κ3) is 4.45. The lowest BCUT2D eigenvalue weighted by atomic mass is 10.1. The number of amides is 1. The van der Waals surface area contributed by atoms with E-state index in [1.807, 2.05) is 11.8 Å². The van der Waals surface area contributed by atoms with Crippen LogP contribution in [-0.2, 0) is 6.42 Å². The van der Waals surface area contributed by atoms with E-state index < -0.39 is 5.37 Å². The highest BCUT2D eigenvalue weighted by Crippen LogP contribution is 2.17. The molecule has 0 fully saturated rings. The van der Waals surface area contributed by atoms with Gasteiger partial charge in [-0.3, -0.25) is 4.79 Å². The number of halogens is 1. The molecule has 0 aliphatic heterocycles. The third-order valence-corrected chi connectivity index (χ3v) is 3.45. The van der Waals surface area contributed by atoms with Gasteiger partial charge >= 0.3 is 5.37 Å². The molecular formula is C12H16ClNOS. The van der Waals surface area contributed by atoms with Crippen LogP contribution in [0.15, 0.2) is 29.2 Å². The van der Waals surface area contributed by atoms with Crippen LogP contribution in [0.2, 0.25) is 0 Å². The standard InChI is InChI=1S/C12H16ClNOS/c1-3-16-11-6-4-10(5-7-11)8-9-14(2)12(13)15/h4-7H,3,8-9H2,1-2H3. The van der Waals surface area contributed by atoms with Crippen molar-refractivity contribution >= 4 is 28.7 Å². The van der Waals surface area contributed by atoms with Crippen LogP contribution in [0.5, 0.6) is 0 Å². The fourth-order valence-electron chi connectivity index (χ4n) is 1.30. The summed E-state index contributed by atoms with van der Waals surface area (Å²) in [6.07, 6.45) is 0.839. The first-order chi connectivity index (χ1) is 7.63. The molecule has 2 nitrogen and oxygen atoms in total. The molecular weight excluding hydrogens is 242 g/mol. The molecule has 0 heterocycles. The van der Waals surface area contributed by atoms with E-state index in [4.69, 9.17) is 11.6 Å². The van der Waals surface area contributed by atoms with Crippen LogP contribution in [0.4, 0.5) is 4.79 Å². The lowest BCUT2D eigenvalue weighted by Crippen LogP contribution is -2.23. The molecule has 0 aliphatic rings. The van der Waals surface area contributed by atoms with Crippen LogP contribution in [-0.4, -0.2) is 29.6 Å². The van der Waals surface area contributed by atoms with E-state index in [1.54, 1.807) is 7.05 Å². The van der Waals surface area contributed by atoms with Crippen LogP contribution in [0.3, 0.4) is 0 Å². The number of rotatable bonds is 5. The molecule has 0 aliphatic carbocycles. The Morgan fingerprint density at radius 2 is 2.00 bits per heavy atom. The minimum absolute atomic E-state index is 0.404. The van der Waals surface area contributed by atoms with E-state index in [-0.39, 0.29) is 0 Å². The van der Waals surface area contributed by atoms with Crippen LogP contribution in [0.1, 0.15) is 12.5 Å². The maximum atomic E-state index is 10.8. The Morgan fingerprint density at radius 3 is 2.50 bits per heavy atom. The van der Waals surface area contributed by atoms with Crippen LogP contribution >= 0.6 is 23.4 Å². The Morgan fingerprint density at radius 1 is 1.38 bits per heavy atom. The molecule has 1 aromatic rings. The van der Waals surface area contributed by atoms with Gasteiger partial charge in [-0.05, 0) is 41.5 Å². The van der Waals surface area contributed by atoms with Crippen molar-refractivity contribution in [2.75, 3.05) is 19.3 Å². The van der Waals surface area contributed by atoms with E-state index in [9.17, 15) is 4.79 Å². The summed E-state index contributed by atoms with van der Waals surface area (Å²) in [6, 6.07) is 8.44. The van der Waals surface area contributed by atoms with E-state index >= 15 is 0 Å². The van der Waals surface area contributed by atoms with Crippen LogP contribution in [0.25, 0.3) is 0 Å². The molecule has 0 bridgehead atoms. The molecule has 16 heavy (non-hydrogen) atoms. The van der Waals surface area contributed by atoms with Gasteiger partial charge in [-0.2, -0.15) is 0 Å². The second-order valence-corrected chi connectivity index (χ2v) is 5.16. The normalized spacial score (nSPS) is 10.2. The molecule has 1 aromatic carbocycles. The SMILES string of the molecule is CCSc1ccc(CCN(C)C(=O)Cl)cc1. The van der Waals surface area contributed by atoms with Gasteiger partial charge in [0.15, 0.2) is 0 Å². The van der Waals surface area contributed by atoms with Gasteiger partial charge in [-0.1, -0.05) is 19.1 Å². The highest BCUT2D eigenvalue weighted by atomic mass is 35.5. The number of hydrogen-bond acceptors (Lipinski definition) is 2. The Bertz CT molecular complexity index is 339. The fourth-order valence-corrected chi connectivity index (χ4v) is 2.05. The first-order valence-electron chi connectivity index (χ1n) is 5.25. The Hall–Kier alpha value is -0.670. The van der Waals surface area contributed by atoms with Crippen molar-refractivity contribution in [3.8, 4) is 0 Å². The van der Waals surface area contributed by atoms with Gasteiger partial charge in [0.05, 0.1) is 0 Å². The van der Waals surface area contributed by atoms with E-state index in [1.165, 1.54) is 15.4 Å². The molecule has 1 amide bonds. The number of benzene rings is 1. The van der Waals surface area contributed by atoms with Crippen molar-refractivity contribution < 1.29 is 4.79 Å². The molecule has 1 rings (SSSR count). The van der Waals surface area contributed by atoms with Gasteiger partial charge in [0, 0.05) is 18.5 Å². The van der Waals surface area contributed by atoms with E-state index in [0.717, 1.165) is 12.2 Å². The smallest absolute Gasteiger partial charge is 0.316 e. The van der Waals surface area contributed by atoms with E-state index in [2.05, 4.69) is 31.2 Å². The highest BCUT2D eigenvalue weighted by molar-refractivity contribution is 7.99. The molecule has 0 atom stereocenters. The van der Waals surface area contributed by atoms with E-state index in [0.29, 0.717) is 6.54 Å². The number of carbonyl (C=O) groups excluding carboxylic acids is 1. The zero-order chi connectivity index (χ0) is 12.0. The Labute approximate surface area is 106 Å². The Balaban J connectivity index is 2.46. The fraction of sp³-hybridized carbons (Fsp3) is 0.417. The highest BCUT2D eigenvalue weighted by Gasteiger charge is 2.04. The summed E-state index contributed by atoms with van der Waals surface area (Å²) in [6.45, 7) is 2.79. The summed E-state index contributed by atoms with van der Waals surface area (Å²) in [5.41, 5.74) is 1.23. The maximum absolute atomic E-state index is 10.8. The lowest BCUT2D eigenvalue weighted by Gasteiger charge is -2.12. The van der Waals surface area contributed by atoms with Gasteiger partial charge in [0.2, 0.25) is 0 Å². The molecule has 0 aromatic heterocycles. The summed E-state index contributed by atoms with van der Waals surface area (Å²) in [5.74, 6) is 1.09. The molecule has 0 spiro atoms. The molecule has 0 N–H and O–H groups in total. The second-order valence-electron chi connectivity index (χ2n) is 3.50. The summed E-state index contributed by atoms with van der Waals surface area (Å²) in [4.78, 5) is 13.6. The lowest BCUT2D eigenvalue weighted by molar-refractivity contribution is 0.232. The minimum Gasteiger partial charge on any atom is -0.332 e. The average Bonchev–Trinajstić information content (AvgIpc) is 2.28. The quantitative estimate of drug-likeness (QED) is 0.456. The van der Waals surface area contributed by atoms with Crippen molar-refractivity contribution in [2.45, 2.75) is 18.2 Å². The van der Waals surface area contributed by atoms with Gasteiger partial charge < -0.3 is 4.90 Å². The molecule has 0 saturated heterocycles. The zero-order valence-corrected chi connectivity index (χ0v) is 11.1. The van der Waals surface area contributed by atoms with Crippen molar-refractivity contribution in [1.82, 2.24) is 4.90 Å². The minimum atomic E-state index is -0.404. The van der Waals surface area contributed by atoms with Crippen molar-refractivity contribution in [3.05, 3.63) is 29.8 Å². The summed E-state index contributed by atoms with van der Waals surface area (Å²) >= 11 is 7.17. The Kier molecular flexibility index (Phi) is 5.71. The molecule has 4 heteroatoms. The molecule has 0 unspecified atom stereocenters. The van der Waals surface area contributed by atoms with Crippen molar-refractivity contribution in [3.63, 3.8) is 0 Å². The van der Waals surface area contributed by atoms with Crippen LogP contribution in [0, 0.1) is 0 Å². The molecule has 0 radical (unpaired) electrons. The van der Waals surface area contributed by atoms with Gasteiger partial charge in [-0.25, -0.2) is 0 Å². The van der Waals surface area contributed by atoms with Crippen LogP contribution < -0.4 is 0 Å². The second kappa shape index (κ2) is 6.81. The predicted molar refractivity (Wildman–Crippen MR) is 70.4 cm³/mol. The third-order valence-electron chi connectivity index (χ3n) is 2.27. The zero-order valence-electron chi connectivity index (χ0n) is 9.57. The van der Waals surface area contributed by atoms with Gasteiger partial charge in [0.25, 0.3) is 0 Å². The first-order valence-corrected chi connectivity index (χ1v) is 6.62. The molecule has 88 valence electrons. The maximum Gasteiger partial charge on any atom is 0.316 e. The summed E-state index contributed by atoms with van der Waals surface area (Å²) in [5, 5.41) is -0.404. The van der Waals surface area contributed by atoms with Crippen molar-refractivity contribution in [1.29, 1.82) is 0 Å². The topological polar surface area (TPSA) is 20.3 Å². The summed E-state index contributed by atoms with van der Waals surface area (Å²) in [7, 11) is 1.70. The van der Waals surface area contributed by atoms with Gasteiger partial charge in [-0.15, -0.1) is 11.8 Å². The monoisotopic (exact) mass is 257 g/mol. The number of likely N-dealkylation sites (N-methyl/N-ethyl adjacent to an activating group) is 1. The summed E-state index contributed by atoms with van der Waals surface area (Å²) < 4.78 is 0. The average molecular weight is 258 g/mol. The number of hydrogen-bond donors (Lipinski definition) is 0. The number of thioether (sulfide) groups is 1.